The van der Waals surface area contributed by atoms with E-state index in [1.807, 2.05) is 12.4 Å². The van der Waals surface area contributed by atoms with Gasteiger partial charge in [0.25, 0.3) is 0 Å². The van der Waals surface area contributed by atoms with E-state index in [0.717, 1.165) is 51.6 Å². The molecule has 1 aliphatic heterocycles. The number of carbonyl (C=O) groups is 1. The molecule has 1 aromatic rings. The van der Waals surface area contributed by atoms with Gasteiger partial charge >= 0.3 is 0 Å². The number of nitrogens with zero attached hydrogens (tertiary/aromatic N) is 3. The Bertz CT molecular complexity index is 589. The van der Waals surface area contributed by atoms with Crippen molar-refractivity contribution in [2.45, 2.75) is 56.4 Å². The number of piperidine rings is 1. The molecule has 1 aliphatic carbocycles. The summed E-state index contributed by atoms with van der Waals surface area (Å²) in [5.74, 6) is 0.461. The highest BCUT2D eigenvalue weighted by Gasteiger charge is 2.34. The molecule has 3 rings (SSSR count). The molecule has 0 spiro atoms. The van der Waals surface area contributed by atoms with Gasteiger partial charge in [0.1, 0.15) is 5.54 Å². The first kappa shape index (κ1) is 16.9. The van der Waals surface area contributed by atoms with Crippen LogP contribution in [0.15, 0.2) is 24.5 Å². The number of hydrogen-bond acceptors (Lipinski definition) is 4. The minimum Gasteiger partial charge on any atom is -0.337 e. The first-order chi connectivity index (χ1) is 11.7. The Morgan fingerprint density at radius 3 is 2.75 bits per heavy atom. The first-order valence-electron chi connectivity index (χ1n) is 9.05. The maximum absolute atomic E-state index is 12.5. The average Bonchev–Trinajstić information content (AvgIpc) is 2.63. The van der Waals surface area contributed by atoms with Crippen LogP contribution in [-0.4, -0.2) is 41.0 Å². The highest BCUT2D eigenvalue weighted by atomic mass is 16.2. The van der Waals surface area contributed by atoms with E-state index in [2.05, 4.69) is 33.4 Å². The summed E-state index contributed by atoms with van der Waals surface area (Å²) in [6.45, 7) is 2.25. The highest BCUT2D eigenvalue weighted by Crippen LogP contribution is 2.28. The molecule has 1 unspecified atom stereocenters. The molecule has 1 amide bonds. The molecule has 1 saturated carbocycles. The molecular weight excluding hydrogens is 300 g/mol. The Labute approximate surface area is 144 Å². The van der Waals surface area contributed by atoms with E-state index in [-0.39, 0.29) is 5.91 Å². The van der Waals surface area contributed by atoms with Crippen LogP contribution in [0, 0.1) is 11.3 Å². The van der Waals surface area contributed by atoms with E-state index >= 15 is 0 Å². The number of nitriles is 1. The minimum absolute atomic E-state index is 0.00571. The number of amides is 1. The Morgan fingerprint density at radius 2 is 2.04 bits per heavy atom. The zero-order chi connectivity index (χ0) is 16.8. The van der Waals surface area contributed by atoms with Crippen molar-refractivity contribution in [3.63, 3.8) is 0 Å². The van der Waals surface area contributed by atoms with E-state index in [1.54, 1.807) is 0 Å². The van der Waals surface area contributed by atoms with Gasteiger partial charge < -0.3 is 5.32 Å². The van der Waals surface area contributed by atoms with Crippen LogP contribution in [0.25, 0.3) is 0 Å². The predicted octanol–water partition coefficient (Wildman–Crippen LogP) is 2.60. The largest absolute Gasteiger partial charge is 0.337 e. The fourth-order valence-electron chi connectivity index (χ4n) is 4.04. The fourth-order valence-corrected chi connectivity index (χ4v) is 4.04. The second kappa shape index (κ2) is 7.76. The molecule has 0 aromatic carbocycles. The van der Waals surface area contributed by atoms with Crippen LogP contribution in [0.4, 0.5) is 0 Å². The summed E-state index contributed by atoms with van der Waals surface area (Å²) in [5, 5.41) is 12.5. The van der Waals surface area contributed by atoms with Gasteiger partial charge in [0.05, 0.1) is 12.6 Å². The predicted molar refractivity (Wildman–Crippen MR) is 92.2 cm³/mol. The van der Waals surface area contributed by atoms with Crippen LogP contribution in [0.2, 0.25) is 0 Å². The quantitative estimate of drug-likeness (QED) is 0.923. The molecule has 2 fully saturated rings. The van der Waals surface area contributed by atoms with Crippen molar-refractivity contribution in [3.05, 3.63) is 30.1 Å². The van der Waals surface area contributed by atoms with Gasteiger partial charge in [-0.05, 0) is 55.8 Å². The van der Waals surface area contributed by atoms with Crippen LogP contribution < -0.4 is 5.32 Å². The van der Waals surface area contributed by atoms with Crippen LogP contribution in [-0.2, 0) is 4.79 Å². The number of rotatable bonds is 4. The standard InChI is InChI=1S/C19H26N4O/c20-15-19(8-2-1-3-9-19)22-18(24)14-23-12-4-5-17(13-23)16-6-10-21-11-7-16/h6-7,10-11,17H,1-5,8-9,12-14H2,(H,22,24). The molecule has 0 bridgehead atoms. The van der Waals surface area contributed by atoms with E-state index in [1.165, 1.54) is 12.0 Å². The highest BCUT2D eigenvalue weighted by molar-refractivity contribution is 5.79. The van der Waals surface area contributed by atoms with Gasteiger partial charge in [0, 0.05) is 18.9 Å². The molecular formula is C19H26N4O. The molecule has 5 heteroatoms. The average molecular weight is 326 g/mol. The summed E-state index contributed by atoms with van der Waals surface area (Å²) < 4.78 is 0. The molecule has 5 nitrogen and oxygen atoms in total. The van der Waals surface area contributed by atoms with E-state index in [0.29, 0.717) is 12.5 Å². The van der Waals surface area contributed by atoms with Crippen molar-refractivity contribution < 1.29 is 4.79 Å². The normalized spacial score (nSPS) is 24.0. The van der Waals surface area contributed by atoms with Crippen molar-refractivity contribution in [2.75, 3.05) is 19.6 Å². The van der Waals surface area contributed by atoms with Crippen LogP contribution in [0.5, 0.6) is 0 Å². The molecule has 0 radical (unpaired) electrons. The third kappa shape index (κ3) is 4.12. The van der Waals surface area contributed by atoms with Gasteiger partial charge in [-0.1, -0.05) is 19.3 Å². The van der Waals surface area contributed by atoms with Crippen LogP contribution in [0.3, 0.4) is 0 Å². The number of carbonyl (C=O) groups excluding carboxylic acids is 1. The van der Waals surface area contributed by atoms with Crippen molar-refractivity contribution in [1.82, 2.24) is 15.2 Å². The zero-order valence-corrected chi connectivity index (χ0v) is 14.2. The van der Waals surface area contributed by atoms with Gasteiger partial charge in [-0.15, -0.1) is 0 Å². The summed E-state index contributed by atoms with van der Waals surface area (Å²) in [7, 11) is 0. The minimum atomic E-state index is -0.629. The SMILES string of the molecule is N#CC1(NC(=O)CN2CCCC(c3ccncc3)C2)CCCCC1. The van der Waals surface area contributed by atoms with Crippen molar-refractivity contribution in [1.29, 1.82) is 5.26 Å². The van der Waals surface area contributed by atoms with Gasteiger partial charge in [-0.3, -0.25) is 14.7 Å². The van der Waals surface area contributed by atoms with Crippen molar-refractivity contribution in [3.8, 4) is 6.07 Å². The number of likely N-dealkylation sites (tertiary alicyclic amines) is 1. The number of hydrogen-bond donors (Lipinski definition) is 1. The lowest BCUT2D eigenvalue weighted by Gasteiger charge is -2.35. The Morgan fingerprint density at radius 1 is 1.29 bits per heavy atom. The maximum Gasteiger partial charge on any atom is 0.235 e. The van der Waals surface area contributed by atoms with Gasteiger partial charge in [0.2, 0.25) is 5.91 Å². The molecule has 1 N–H and O–H groups in total. The Kier molecular flexibility index (Phi) is 5.47. The van der Waals surface area contributed by atoms with Gasteiger partial charge in [0.15, 0.2) is 0 Å². The molecule has 1 aromatic heterocycles. The van der Waals surface area contributed by atoms with Crippen LogP contribution >= 0.6 is 0 Å². The van der Waals surface area contributed by atoms with Crippen molar-refractivity contribution in [2.24, 2.45) is 0 Å². The second-order valence-electron chi connectivity index (χ2n) is 7.16. The molecule has 2 heterocycles. The first-order valence-corrected chi connectivity index (χ1v) is 9.05. The second-order valence-corrected chi connectivity index (χ2v) is 7.16. The lowest BCUT2D eigenvalue weighted by atomic mass is 9.83. The Hall–Kier alpha value is -1.93. The third-order valence-corrected chi connectivity index (χ3v) is 5.35. The summed E-state index contributed by atoms with van der Waals surface area (Å²) >= 11 is 0. The summed E-state index contributed by atoms with van der Waals surface area (Å²) in [6, 6.07) is 6.50. The smallest absolute Gasteiger partial charge is 0.235 e. The zero-order valence-electron chi connectivity index (χ0n) is 14.2. The topological polar surface area (TPSA) is 69.0 Å². The molecule has 1 saturated heterocycles. The van der Waals surface area contributed by atoms with Crippen LogP contribution in [0.1, 0.15) is 56.4 Å². The lowest BCUT2D eigenvalue weighted by molar-refractivity contribution is -0.124. The monoisotopic (exact) mass is 326 g/mol. The fraction of sp³-hybridized carbons (Fsp3) is 0.632. The summed E-state index contributed by atoms with van der Waals surface area (Å²) in [4.78, 5) is 18.8. The summed E-state index contributed by atoms with van der Waals surface area (Å²) in [5.41, 5.74) is 0.672. The third-order valence-electron chi connectivity index (χ3n) is 5.35. The number of nitrogens with one attached hydrogen (secondary N) is 1. The molecule has 2 aliphatic rings. The number of pyridine rings is 1. The Balaban J connectivity index is 1.55. The lowest BCUT2D eigenvalue weighted by Crippen LogP contribution is -2.52. The van der Waals surface area contributed by atoms with Gasteiger partial charge in [-0.2, -0.15) is 5.26 Å². The van der Waals surface area contributed by atoms with Gasteiger partial charge in [-0.25, -0.2) is 0 Å². The van der Waals surface area contributed by atoms with E-state index in [4.69, 9.17) is 0 Å². The molecule has 128 valence electrons. The summed E-state index contributed by atoms with van der Waals surface area (Å²) in [6.07, 6.45) is 10.7. The van der Waals surface area contributed by atoms with Crippen molar-refractivity contribution >= 4 is 5.91 Å². The van der Waals surface area contributed by atoms with E-state index in [9.17, 15) is 10.1 Å². The maximum atomic E-state index is 12.5. The molecule has 1 atom stereocenters. The number of aromatic nitrogens is 1. The van der Waals surface area contributed by atoms with E-state index < -0.39 is 5.54 Å². The molecule has 24 heavy (non-hydrogen) atoms.